The number of amides is 2. The highest BCUT2D eigenvalue weighted by Crippen LogP contribution is 2.31. The maximum Gasteiger partial charge on any atom is 0.286 e. The molecule has 2 aromatic carbocycles. The fraction of sp³-hybridized carbons (Fsp3) is 0.100. The maximum atomic E-state index is 11.9. The second-order valence-corrected chi connectivity index (χ2v) is 7.86. The number of rotatable bonds is 5. The first-order chi connectivity index (χ1) is 13.8. The second kappa shape index (κ2) is 9.06. The van der Waals surface area contributed by atoms with Crippen molar-refractivity contribution < 1.29 is 24.2 Å². The molecule has 0 aromatic heterocycles. The molecule has 0 fully saturated rings. The van der Waals surface area contributed by atoms with E-state index in [4.69, 9.17) is 4.74 Å². The summed E-state index contributed by atoms with van der Waals surface area (Å²) in [5.41, 5.74) is 1.68. The summed E-state index contributed by atoms with van der Waals surface area (Å²) in [7, 11) is 0. The highest BCUT2D eigenvalue weighted by Gasteiger charge is 2.22. The molecule has 1 aliphatic heterocycles. The van der Waals surface area contributed by atoms with E-state index in [0.29, 0.717) is 15.1 Å². The molecule has 0 saturated heterocycles. The molecule has 2 aromatic rings. The molecule has 0 atom stereocenters. The van der Waals surface area contributed by atoms with Crippen molar-refractivity contribution in [3.8, 4) is 5.75 Å². The van der Waals surface area contributed by atoms with Crippen LogP contribution < -0.4 is 15.2 Å². The zero-order chi connectivity index (χ0) is 21.0. The minimum absolute atomic E-state index is 0.109. The van der Waals surface area contributed by atoms with Crippen LogP contribution in [0.3, 0.4) is 0 Å². The Morgan fingerprint density at radius 1 is 1.24 bits per heavy atom. The van der Waals surface area contributed by atoms with Crippen LogP contribution in [-0.2, 0) is 16.2 Å². The SMILES string of the molecule is CC(=O)NC1=NC(=O)C(=Cc2ccc(OCc3ccc(C(=O)[O-])cc3)c(Br)c2)S1. The first kappa shape index (κ1) is 20.8. The van der Waals surface area contributed by atoms with Crippen LogP contribution >= 0.6 is 27.7 Å². The Morgan fingerprint density at radius 3 is 2.59 bits per heavy atom. The molecule has 9 heteroatoms. The molecule has 29 heavy (non-hydrogen) atoms. The van der Waals surface area contributed by atoms with E-state index < -0.39 is 11.9 Å². The van der Waals surface area contributed by atoms with Crippen molar-refractivity contribution in [3.05, 3.63) is 68.5 Å². The molecule has 1 N–H and O–H groups in total. The number of carboxylic acids is 1. The van der Waals surface area contributed by atoms with E-state index >= 15 is 0 Å². The van der Waals surface area contributed by atoms with Crippen molar-refractivity contribution in [2.75, 3.05) is 0 Å². The smallest absolute Gasteiger partial charge is 0.286 e. The number of hydrogen-bond acceptors (Lipinski definition) is 6. The molecule has 0 radical (unpaired) electrons. The number of benzene rings is 2. The number of nitrogens with zero attached hydrogens (tertiary/aromatic N) is 1. The van der Waals surface area contributed by atoms with E-state index in [0.717, 1.165) is 22.9 Å². The highest BCUT2D eigenvalue weighted by atomic mass is 79.9. The number of nitrogens with one attached hydrogen (secondary N) is 1. The summed E-state index contributed by atoms with van der Waals surface area (Å²) < 4.78 is 6.45. The molecule has 148 valence electrons. The van der Waals surface area contributed by atoms with Crippen LogP contribution in [0.2, 0.25) is 0 Å². The molecular formula is C20H14BrN2O5S-. The van der Waals surface area contributed by atoms with Crippen molar-refractivity contribution >= 4 is 56.7 Å². The van der Waals surface area contributed by atoms with E-state index in [1.54, 1.807) is 36.4 Å². The lowest BCUT2D eigenvalue weighted by atomic mass is 10.1. The average Bonchev–Trinajstić information content (AvgIpc) is 2.99. The van der Waals surface area contributed by atoms with Crippen LogP contribution in [0.1, 0.15) is 28.4 Å². The first-order valence-electron chi connectivity index (χ1n) is 8.34. The molecular weight excluding hydrogens is 460 g/mol. The van der Waals surface area contributed by atoms with E-state index in [9.17, 15) is 19.5 Å². The van der Waals surface area contributed by atoms with E-state index in [1.807, 2.05) is 0 Å². The van der Waals surface area contributed by atoms with Crippen molar-refractivity contribution in [2.45, 2.75) is 13.5 Å². The standard InChI is InChI=1S/C20H15BrN2O5S/c1-11(24)22-20-23-18(25)17(29-20)9-13-4-7-16(15(21)8-13)28-10-12-2-5-14(6-3-12)19(26)27/h2-9H,10H2,1H3,(H,26,27)(H,22,23,24,25)/p-1. The number of amidine groups is 1. The normalized spacial score (nSPS) is 14.6. The van der Waals surface area contributed by atoms with Gasteiger partial charge in [-0.3, -0.25) is 9.59 Å². The molecule has 0 spiro atoms. The Hall–Kier alpha value is -2.91. The zero-order valence-electron chi connectivity index (χ0n) is 15.1. The molecule has 1 heterocycles. The fourth-order valence-electron chi connectivity index (χ4n) is 2.39. The lowest BCUT2D eigenvalue weighted by molar-refractivity contribution is -0.255. The number of aromatic carboxylic acids is 1. The molecule has 1 aliphatic rings. The van der Waals surface area contributed by atoms with Crippen molar-refractivity contribution in [1.82, 2.24) is 5.32 Å². The zero-order valence-corrected chi connectivity index (χ0v) is 17.5. The van der Waals surface area contributed by atoms with Gasteiger partial charge in [-0.2, -0.15) is 4.99 Å². The fourth-order valence-corrected chi connectivity index (χ4v) is 3.76. The maximum absolute atomic E-state index is 11.9. The summed E-state index contributed by atoms with van der Waals surface area (Å²) in [5, 5.41) is 13.5. The van der Waals surface area contributed by atoms with Gasteiger partial charge in [-0.1, -0.05) is 30.3 Å². The Morgan fingerprint density at radius 2 is 1.97 bits per heavy atom. The summed E-state index contributed by atoms with van der Waals surface area (Å²) in [5.74, 6) is -1.32. The number of hydrogen-bond donors (Lipinski definition) is 1. The van der Waals surface area contributed by atoms with Gasteiger partial charge in [0.15, 0.2) is 5.17 Å². The van der Waals surface area contributed by atoms with Gasteiger partial charge in [-0.05, 0) is 62.6 Å². The van der Waals surface area contributed by atoms with Gasteiger partial charge in [0.25, 0.3) is 5.91 Å². The van der Waals surface area contributed by atoms with Gasteiger partial charge in [-0.25, -0.2) is 0 Å². The van der Waals surface area contributed by atoms with Gasteiger partial charge in [0.2, 0.25) is 5.91 Å². The number of ether oxygens (including phenoxy) is 1. The lowest BCUT2D eigenvalue weighted by Crippen LogP contribution is -2.23. The minimum Gasteiger partial charge on any atom is -0.545 e. The number of carbonyl (C=O) groups is 3. The highest BCUT2D eigenvalue weighted by molar-refractivity contribution is 9.10. The third-order valence-electron chi connectivity index (χ3n) is 3.74. The monoisotopic (exact) mass is 473 g/mol. The third kappa shape index (κ3) is 5.55. The average molecular weight is 474 g/mol. The van der Waals surface area contributed by atoms with Gasteiger partial charge in [0, 0.05) is 6.92 Å². The predicted molar refractivity (Wildman–Crippen MR) is 111 cm³/mol. The quantitative estimate of drug-likeness (QED) is 0.668. The van der Waals surface area contributed by atoms with Crippen molar-refractivity contribution in [2.24, 2.45) is 4.99 Å². The van der Waals surface area contributed by atoms with Gasteiger partial charge in [0.05, 0.1) is 15.3 Å². The Bertz CT molecular complexity index is 1050. The largest absolute Gasteiger partial charge is 0.545 e. The molecule has 0 unspecified atom stereocenters. The molecule has 0 bridgehead atoms. The number of carbonyl (C=O) groups excluding carboxylic acids is 3. The van der Waals surface area contributed by atoms with Gasteiger partial charge in [0.1, 0.15) is 12.4 Å². The van der Waals surface area contributed by atoms with Gasteiger partial charge >= 0.3 is 0 Å². The van der Waals surface area contributed by atoms with Crippen LogP contribution in [0.25, 0.3) is 6.08 Å². The van der Waals surface area contributed by atoms with Crippen molar-refractivity contribution in [1.29, 1.82) is 0 Å². The second-order valence-electron chi connectivity index (χ2n) is 5.98. The van der Waals surface area contributed by atoms with Crippen LogP contribution in [0.15, 0.2) is 56.8 Å². The van der Waals surface area contributed by atoms with E-state index in [-0.39, 0.29) is 23.2 Å². The number of carboxylic acid groups (broad SMARTS) is 1. The Balaban J connectivity index is 1.65. The summed E-state index contributed by atoms with van der Waals surface area (Å²) in [6.07, 6.45) is 1.68. The minimum atomic E-state index is -1.22. The summed E-state index contributed by atoms with van der Waals surface area (Å²) in [6.45, 7) is 1.61. The third-order valence-corrected chi connectivity index (χ3v) is 5.26. The van der Waals surface area contributed by atoms with E-state index in [1.165, 1.54) is 19.1 Å². The number of halogens is 1. The van der Waals surface area contributed by atoms with E-state index in [2.05, 4.69) is 26.2 Å². The van der Waals surface area contributed by atoms with Crippen LogP contribution in [0.5, 0.6) is 5.75 Å². The predicted octanol–water partition coefficient (Wildman–Crippen LogP) is 2.50. The van der Waals surface area contributed by atoms with Gasteiger partial charge < -0.3 is 20.0 Å². The summed E-state index contributed by atoms with van der Waals surface area (Å²) >= 11 is 4.54. The molecule has 2 amide bonds. The molecule has 0 saturated carbocycles. The topological polar surface area (TPSA) is 108 Å². The summed E-state index contributed by atoms with van der Waals surface area (Å²) in [4.78, 5) is 38.0. The first-order valence-corrected chi connectivity index (χ1v) is 9.95. The molecule has 0 aliphatic carbocycles. The Labute approximate surface area is 179 Å². The van der Waals surface area contributed by atoms with Crippen molar-refractivity contribution in [3.63, 3.8) is 0 Å². The Kier molecular flexibility index (Phi) is 6.50. The summed E-state index contributed by atoms with van der Waals surface area (Å²) in [6, 6.07) is 11.6. The van der Waals surface area contributed by atoms with Crippen LogP contribution in [0.4, 0.5) is 0 Å². The van der Waals surface area contributed by atoms with Crippen LogP contribution in [-0.4, -0.2) is 23.0 Å². The van der Waals surface area contributed by atoms with Crippen LogP contribution in [0, 0.1) is 0 Å². The molecule has 3 rings (SSSR count). The lowest BCUT2D eigenvalue weighted by Gasteiger charge is -2.10. The molecule has 7 nitrogen and oxygen atoms in total. The van der Waals surface area contributed by atoms with Gasteiger partial charge in [-0.15, -0.1) is 0 Å². The number of aliphatic imine (C=N–C) groups is 1. The number of thioether (sulfide) groups is 1.